The Labute approximate surface area is 175 Å². The normalized spacial score (nSPS) is 16.4. The molecule has 1 aliphatic heterocycles. The van der Waals surface area contributed by atoms with Crippen molar-refractivity contribution >= 4 is 5.96 Å². The van der Waals surface area contributed by atoms with Crippen molar-refractivity contribution in [3.63, 3.8) is 0 Å². The van der Waals surface area contributed by atoms with Gasteiger partial charge in [-0.1, -0.05) is 12.1 Å². The van der Waals surface area contributed by atoms with Crippen molar-refractivity contribution in [2.24, 2.45) is 4.99 Å². The average molecular weight is 408 g/mol. The molecular formula is C22H37N3O4. The van der Waals surface area contributed by atoms with Crippen LogP contribution in [-0.4, -0.2) is 72.8 Å². The van der Waals surface area contributed by atoms with Crippen LogP contribution in [0.4, 0.5) is 0 Å². The molecule has 0 radical (unpaired) electrons. The maximum Gasteiger partial charge on any atom is 0.191 e. The summed E-state index contributed by atoms with van der Waals surface area (Å²) < 4.78 is 21.4. The lowest BCUT2D eigenvalue weighted by Gasteiger charge is -2.36. The van der Waals surface area contributed by atoms with Crippen LogP contribution >= 0.6 is 0 Å². The molecule has 1 heterocycles. The van der Waals surface area contributed by atoms with Gasteiger partial charge >= 0.3 is 0 Å². The minimum Gasteiger partial charge on any atom is -0.497 e. The standard InChI is InChI=1S/C22H37N3O4/c1-4-23-21(24-12-5-13-28-17-16-26-2)25-18-22(10-14-29-15-11-22)19-6-8-20(27-3)9-7-19/h6-9H,4-5,10-18H2,1-3H3,(H2,23,24,25). The van der Waals surface area contributed by atoms with Crippen LogP contribution in [0, 0.1) is 0 Å². The Kier molecular flexibility index (Phi) is 10.8. The van der Waals surface area contributed by atoms with Gasteiger partial charge in [-0.15, -0.1) is 0 Å². The fourth-order valence-corrected chi connectivity index (χ4v) is 3.44. The van der Waals surface area contributed by atoms with Crippen LogP contribution in [-0.2, 0) is 19.6 Å². The Morgan fingerprint density at radius 2 is 1.83 bits per heavy atom. The van der Waals surface area contributed by atoms with Gasteiger partial charge in [0.25, 0.3) is 0 Å². The quantitative estimate of drug-likeness (QED) is 0.315. The van der Waals surface area contributed by atoms with E-state index < -0.39 is 0 Å². The monoisotopic (exact) mass is 407 g/mol. The summed E-state index contributed by atoms with van der Waals surface area (Å²) in [5.74, 6) is 1.73. The maximum absolute atomic E-state index is 5.64. The van der Waals surface area contributed by atoms with Gasteiger partial charge in [-0.2, -0.15) is 0 Å². The van der Waals surface area contributed by atoms with Crippen LogP contribution in [0.1, 0.15) is 31.7 Å². The Morgan fingerprint density at radius 1 is 1.07 bits per heavy atom. The van der Waals surface area contributed by atoms with Crippen molar-refractivity contribution in [2.75, 3.05) is 66.9 Å². The highest BCUT2D eigenvalue weighted by atomic mass is 16.5. The van der Waals surface area contributed by atoms with Crippen molar-refractivity contribution in [1.29, 1.82) is 0 Å². The van der Waals surface area contributed by atoms with E-state index in [1.54, 1.807) is 14.2 Å². The molecule has 2 N–H and O–H groups in total. The molecule has 1 saturated heterocycles. The molecule has 1 aliphatic rings. The van der Waals surface area contributed by atoms with E-state index in [0.717, 1.165) is 63.8 Å². The smallest absolute Gasteiger partial charge is 0.191 e. The summed E-state index contributed by atoms with van der Waals surface area (Å²) in [7, 11) is 3.38. The molecule has 1 fully saturated rings. The van der Waals surface area contributed by atoms with E-state index in [9.17, 15) is 0 Å². The number of rotatable bonds is 12. The Hall–Kier alpha value is -1.83. The number of ether oxygens (including phenoxy) is 4. The van der Waals surface area contributed by atoms with Crippen molar-refractivity contribution in [2.45, 2.75) is 31.6 Å². The number of hydrogen-bond donors (Lipinski definition) is 2. The number of aliphatic imine (C=N–C) groups is 1. The Morgan fingerprint density at radius 3 is 2.48 bits per heavy atom. The van der Waals surface area contributed by atoms with E-state index >= 15 is 0 Å². The molecule has 2 rings (SSSR count). The molecule has 0 bridgehead atoms. The van der Waals surface area contributed by atoms with Crippen LogP contribution in [0.5, 0.6) is 5.75 Å². The van der Waals surface area contributed by atoms with Crippen LogP contribution in [0.3, 0.4) is 0 Å². The largest absolute Gasteiger partial charge is 0.497 e. The highest BCUT2D eigenvalue weighted by molar-refractivity contribution is 5.79. The van der Waals surface area contributed by atoms with Gasteiger partial charge in [-0.3, -0.25) is 4.99 Å². The molecule has 0 amide bonds. The van der Waals surface area contributed by atoms with E-state index in [-0.39, 0.29) is 5.41 Å². The second-order valence-corrected chi connectivity index (χ2v) is 7.20. The fourth-order valence-electron chi connectivity index (χ4n) is 3.44. The van der Waals surface area contributed by atoms with Crippen molar-refractivity contribution in [3.8, 4) is 5.75 Å². The molecule has 29 heavy (non-hydrogen) atoms. The maximum atomic E-state index is 5.64. The van der Waals surface area contributed by atoms with E-state index in [2.05, 4.69) is 29.7 Å². The lowest BCUT2D eigenvalue weighted by atomic mass is 9.74. The Balaban J connectivity index is 1.96. The summed E-state index contributed by atoms with van der Waals surface area (Å²) >= 11 is 0. The zero-order valence-corrected chi connectivity index (χ0v) is 18.2. The zero-order chi connectivity index (χ0) is 20.8. The van der Waals surface area contributed by atoms with Gasteiger partial charge in [-0.05, 0) is 43.9 Å². The molecular weight excluding hydrogens is 370 g/mol. The van der Waals surface area contributed by atoms with Crippen LogP contribution in [0.2, 0.25) is 0 Å². The average Bonchev–Trinajstić information content (AvgIpc) is 2.77. The number of hydrogen-bond acceptors (Lipinski definition) is 5. The second-order valence-electron chi connectivity index (χ2n) is 7.20. The van der Waals surface area contributed by atoms with Crippen molar-refractivity contribution in [3.05, 3.63) is 29.8 Å². The molecule has 0 aliphatic carbocycles. The van der Waals surface area contributed by atoms with Crippen LogP contribution < -0.4 is 15.4 Å². The predicted octanol–water partition coefficient (Wildman–Crippen LogP) is 2.35. The molecule has 0 atom stereocenters. The number of nitrogens with one attached hydrogen (secondary N) is 2. The predicted molar refractivity (Wildman–Crippen MR) is 116 cm³/mol. The van der Waals surface area contributed by atoms with E-state index in [4.69, 9.17) is 23.9 Å². The number of guanidine groups is 1. The molecule has 164 valence electrons. The Bertz CT molecular complexity index is 586. The minimum absolute atomic E-state index is 0.00383. The van der Waals surface area contributed by atoms with Crippen LogP contribution in [0.15, 0.2) is 29.3 Å². The van der Waals surface area contributed by atoms with Gasteiger partial charge in [0.1, 0.15) is 5.75 Å². The highest BCUT2D eigenvalue weighted by Crippen LogP contribution is 2.36. The molecule has 0 aromatic heterocycles. The van der Waals surface area contributed by atoms with Crippen LogP contribution in [0.25, 0.3) is 0 Å². The zero-order valence-electron chi connectivity index (χ0n) is 18.2. The first-order valence-electron chi connectivity index (χ1n) is 10.6. The van der Waals surface area contributed by atoms with Gasteiger partial charge in [0, 0.05) is 45.4 Å². The summed E-state index contributed by atoms with van der Waals surface area (Å²) in [4.78, 5) is 4.92. The van der Waals surface area contributed by atoms with Gasteiger partial charge in [-0.25, -0.2) is 0 Å². The van der Waals surface area contributed by atoms with Gasteiger partial charge in [0.05, 0.1) is 26.9 Å². The molecule has 1 aromatic rings. The molecule has 1 aromatic carbocycles. The first-order valence-corrected chi connectivity index (χ1v) is 10.6. The van der Waals surface area contributed by atoms with E-state index in [1.165, 1.54) is 5.56 Å². The topological polar surface area (TPSA) is 73.3 Å². The number of nitrogens with zero attached hydrogens (tertiary/aromatic N) is 1. The second kappa shape index (κ2) is 13.4. The molecule has 0 unspecified atom stereocenters. The molecule has 0 saturated carbocycles. The summed E-state index contributed by atoms with van der Waals surface area (Å²) in [6.45, 7) is 7.97. The molecule has 7 nitrogen and oxygen atoms in total. The first kappa shape index (κ1) is 23.4. The van der Waals surface area contributed by atoms with Gasteiger partial charge in [0.2, 0.25) is 0 Å². The third kappa shape index (κ3) is 7.84. The summed E-state index contributed by atoms with van der Waals surface area (Å²) in [5, 5.41) is 6.76. The minimum atomic E-state index is -0.00383. The van der Waals surface area contributed by atoms with Gasteiger partial charge < -0.3 is 29.6 Å². The first-order chi connectivity index (χ1) is 14.2. The third-order valence-corrected chi connectivity index (χ3v) is 5.23. The fraction of sp³-hybridized carbons (Fsp3) is 0.682. The van der Waals surface area contributed by atoms with Gasteiger partial charge in [0.15, 0.2) is 5.96 Å². The number of benzene rings is 1. The number of methoxy groups -OCH3 is 2. The lowest BCUT2D eigenvalue weighted by molar-refractivity contribution is 0.0531. The van der Waals surface area contributed by atoms with Crippen molar-refractivity contribution in [1.82, 2.24) is 10.6 Å². The summed E-state index contributed by atoms with van der Waals surface area (Å²) in [6, 6.07) is 8.39. The van der Waals surface area contributed by atoms with Crippen molar-refractivity contribution < 1.29 is 18.9 Å². The molecule has 7 heteroatoms. The highest BCUT2D eigenvalue weighted by Gasteiger charge is 2.34. The van der Waals surface area contributed by atoms with E-state index in [1.807, 2.05) is 12.1 Å². The summed E-state index contributed by atoms with van der Waals surface area (Å²) in [6.07, 6.45) is 2.86. The third-order valence-electron chi connectivity index (χ3n) is 5.23. The lowest BCUT2D eigenvalue weighted by Crippen LogP contribution is -2.41. The molecule has 0 spiro atoms. The van der Waals surface area contributed by atoms with E-state index in [0.29, 0.717) is 19.8 Å². The SMILES string of the molecule is CCNC(=NCC1(c2ccc(OC)cc2)CCOCC1)NCCCOCCOC. The summed E-state index contributed by atoms with van der Waals surface area (Å²) in [5.41, 5.74) is 1.30.